The highest BCUT2D eigenvalue weighted by atomic mass is 16.4. The van der Waals surface area contributed by atoms with Crippen LogP contribution in [0.25, 0.3) is 0 Å². The van der Waals surface area contributed by atoms with E-state index < -0.39 is 11.9 Å². The van der Waals surface area contributed by atoms with E-state index in [2.05, 4.69) is 0 Å². The molecule has 3 nitrogen and oxygen atoms in total. The summed E-state index contributed by atoms with van der Waals surface area (Å²) in [6.07, 6.45) is 0.500. The molecule has 1 aromatic rings. The van der Waals surface area contributed by atoms with Crippen LogP contribution < -0.4 is 5.11 Å². The lowest BCUT2D eigenvalue weighted by molar-refractivity contribution is -0.309. The standard InChI is InChI=1S/C14H18O3/c1-10(2)8-13(15)12(14(16)17)9-11-6-4-3-5-7-11/h3-7,10,12H,8-9H2,1-2H3,(H,16,17)/p-1. The van der Waals surface area contributed by atoms with Crippen LogP contribution in [0, 0.1) is 11.8 Å². The fourth-order valence-electron chi connectivity index (χ4n) is 1.72. The van der Waals surface area contributed by atoms with Crippen LogP contribution in [0.2, 0.25) is 0 Å². The summed E-state index contributed by atoms with van der Waals surface area (Å²) in [5.41, 5.74) is 0.846. The molecule has 1 aromatic carbocycles. The van der Waals surface area contributed by atoms with Gasteiger partial charge in [-0.2, -0.15) is 0 Å². The molecule has 3 heteroatoms. The predicted molar refractivity (Wildman–Crippen MR) is 63.1 cm³/mol. The van der Waals surface area contributed by atoms with Crippen molar-refractivity contribution in [1.29, 1.82) is 0 Å². The molecular weight excluding hydrogens is 216 g/mol. The van der Waals surface area contributed by atoms with Gasteiger partial charge in [0, 0.05) is 6.42 Å². The van der Waals surface area contributed by atoms with Crippen LogP contribution >= 0.6 is 0 Å². The Bertz CT molecular complexity index is 382. The number of hydrogen-bond acceptors (Lipinski definition) is 3. The molecule has 0 bridgehead atoms. The van der Waals surface area contributed by atoms with Gasteiger partial charge in [0.05, 0.1) is 11.9 Å². The van der Waals surface area contributed by atoms with Crippen molar-refractivity contribution in [2.45, 2.75) is 26.7 Å². The molecule has 0 fully saturated rings. The summed E-state index contributed by atoms with van der Waals surface area (Å²) in [5.74, 6) is -2.39. The summed E-state index contributed by atoms with van der Waals surface area (Å²) >= 11 is 0. The Morgan fingerprint density at radius 3 is 2.24 bits per heavy atom. The molecule has 17 heavy (non-hydrogen) atoms. The fraction of sp³-hybridized carbons (Fsp3) is 0.429. The zero-order valence-corrected chi connectivity index (χ0v) is 10.2. The topological polar surface area (TPSA) is 57.2 Å². The molecular formula is C14H17O3-. The zero-order chi connectivity index (χ0) is 12.8. The number of aliphatic carboxylic acids is 1. The zero-order valence-electron chi connectivity index (χ0n) is 10.2. The summed E-state index contributed by atoms with van der Waals surface area (Å²) in [6, 6.07) is 9.15. The number of rotatable bonds is 6. The molecule has 0 heterocycles. The van der Waals surface area contributed by atoms with Gasteiger partial charge in [-0.05, 0) is 17.9 Å². The van der Waals surface area contributed by atoms with Gasteiger partial charge in [0.15, 0.2) is 0 Å². The number of ketones is 1. The Labute approximate surface area is 101 Å². The Morgan fingerprint density at radius 1 is 1.18 bits per heavy atom. The number of carboxylic acids is 1. The molecule has 0 radical (unpaired) electrons. The van der Waals surface area contributed by atoms with E-state index in [0.29, 0.717) is 0 Å². The van der Waals surface area contributed by atoms with Crippen LogP contribution in [0.15, 0.2) is 30.3 Å². The minimum Gasteiger partial charge on any atom is -0.549 e. The monoisotopic (exact) mass is 233 g/mol. The quantitative estimate of drug-likeness (QED) is 0.694. The van der Waals surface area contributed by atoms with Crippen LogP contribution in [0.3, 0.4) is 0 Å². The third-order valence-electron chi connectivity index (χ3n) is 2.57. The van der Waals surface area contributed by atoms with E-state index >= 15 is 0 Å². The molecule has 92 valence electrons. The summed E-state index contributed by atoms with van der Waals surface area (Å²) in [5, 5.41) is 11.0. The molecule has 0 N–H and O–H groups in total. The summed E-state index contributed by atoms with van der Waals surface area (Å²) < 4.78 is 0. The maximum absolute atomic E-state index is 11.8. The number of carbonyl (C=O) groups excluding carboxylic acids is 2. The SMILES string of the molecule is CC(C)CC(=O)C(Cc1ccccc1)C(=O)[O-]. The maximum Gasteiger partial charge on any atom is 0.142 e. The lowest BCUT2D eigenvalue weighted by Gasteiger charge is -2.18. The highest BCUT2D eigenvalue weighted by molar-refractivity contribution is 5.97. The summed E-state index contributed by atoms with van der Waals surface area (Å²) in [7, 11) is 0. The van der Waals surface area contributed by atoms with Gasteiger partial charge in [-0.25, -0.2) is 0 Å². The van der Waals surface area contributed by atoms with Crippen LogP contribution in [0.1, 0.15) is 25.8 Å². The molecule has 0 aliphatic rings. The molecule has 1 unspecified atom stereocenters. The van der Waals surface area contributed by atoms with Crippen molar-refractivity contribution < 1.29 is 14.7 Å². The lowest BCUT2D eigenvalue weighted by atomic mass is 9.91. The molecule has 0 saturated heterocycles. The highest BCUT2D eigenvalue weighted by Gasteiger charge is 2.20. The molecule has 1 rings (SSSR count). The van der Waals surface area contributed by atoms with Gasteiger partial charge in [-0.1, -0.05) is 44.2 Å². The summed E-state index contributed by atoms with van der Waals surface area (Å²) in [6.45, 7) is 3.79. The van der Waals surface area contributed by atoms with Crippen molar-refractivity contribution >= 4 is 11.8 Å². The Kier molecular flexibility index (Phi) is 4.88. The molecule has 0 aliphatic carbocycles. The molecule has 0 saturated carbocycles. The van der Waals surface area contributed by atoms with E-state index in [0.717, 1.165) is 5.56 Å². The Hall–Kier alpha value is -1.64. The van der Waals surface area contributed by atoms with Crippen LogP contribution in [-0.4, -0.2) is 11.8 Å². The van der Waals surface area contributed by atoms with E-state index in [1.165, 1.54) is 0 Å². The Balaban J connectivity index is 2.74. The molecule has 1 atom stereocenters. The molecule has 0 amide bonds. The number of carbonyl (C=O) groups is 2. The first-order valence-electron chi connectivity index (χ1n) is 5.78. The van der Waals surface area contributed by atoms with Gasteiger partial charge in [0.25, 0.3) is 0 Å². The van der Waals surface area contributed by atoms with Gasteiger partial charge in [-0.3, -0.25) is 4.79 Å². The number of hydrogen-bond donors (Lipinski definition) is 0. The van der Waals surface area contributed by atoms with E-state index in [1.54, 1.807) is 0 Å². The van der Waals surface area contributed by atoms with Crippen molar-refractivity contribution in [2.75, 3.05) is 0 Å². The molecule has 0 aromatic heterocycles. The average Bonchev–Trinajstić information content (AvgIpc) is 2.25. The Morgan fingerprint density at radius 2 is 1.76 bits per heavy atom. The van der Waals surface area contributed by atoms with Gasteiger partial charge in [0.2, 0.25) is 0 Å². The predicted octanol–water partition coefficient (Wildman–Crippen LogP) is 1.21. The third kappa shape index (κ3) is 4.39. The first-order chi connectivity index (χ1) is 8.00. The highest BCUT2D eigenvalue weighted by Crippen LogP contribution is 2.14. The van der Waals surface area contributed by atoms with Gasteiger partial charge < -0.3 is 9.90 Å². The van der Waals surface area contributed by atoms with Gasteiger partial charge >= 0.3 is 0 Å². The van der Waals surface area contributed by atoms with Crippen molar-refractivity contribution in [1.82, 2.24) is 0 Å². The maximum atomic E-state index is 11.8. The van der Waals surface area contributed by atoms with E-state index in [9.17, 15) is 14.7 Å². The fourth-order valence-corrected chi connectivity index (χ4v) is 1.72. The van der Waals surface area contributed by atoms with Crippen LogP contribution in [-0.2, 0) is 16.0 Å². The van der Waals surface area contributed by atoms with Gasteiger partial charge in [0.1, 0.15) is 5.78 Å². The minimum atomic E-state index is -1.28. The molecule has 0 aliphatic heterocycles. The average molecular weight is 233 g/mol. The minimum absolute atomic E-state index is 0.167. The smallest absolute Gasteiger partial charge is 0.142 e. The summed E-state index contributed by atoms with van der Waals surface area (Å²) in [4.78, 5) is 22.8. The largest absolute Gasteiger partial charge is 0.549 e. The number of carboxylic acid groups (broad SMARTS) is 1. The molecule has 0 spiro atoms. The lowest BCUT2D eigenvalue weighted by Crippen LogP contribution is -2.38. The van der Waals surface area contributed by atoms with Crippen molar-refractivity contribution in [3.05, 3.63) is 35.9 Å². The van der Waals surface area contributed by atoms with E-state index in [1.807, 2.05) is 44.2 Å². The van der Waals surface area contributed by atoms with Crippen molar-refractivity contribution in [3.8, 4) is 0 Å². The van der Waals surface area contributed by atoms with Crippen LogP contribution in [0.4, 0.5) is 0 Å². The normalized spacial score (nSPS) is 12.4. The van der Waals surface area contributed by atoms with Crippen molar-refractivity contribution in [2.24, 2.45) is 11.8 Å². The van der Waals surface area contributed by atoms with E-state index in [4.69, 9.17) is 0 Å². The van der Waals surface area contributed by atoms with Crippen LogP contribution in [0.5, 0.6) is 0 Å². The second kappa shape index (κ2) is 6.18. The number of Topliss-reactive ketones (excluding diaryl/α,β-unsaturated/α-hetero) is 1. The van der Waals surface area contributed by atoms with Crippen molar-refractivity contribution in [3.63, 3.8) is 0 Å². The number of benzene rings is 1. The first-order valence-corrected chi connectivity index (χ1v) is 5.78. The first kappa shape index (κ1) is 13.4. The second-order valence-electron chi connectivity index (χ2n) is 4.63. The van der Waals surface area contributed by atoms with E-state index in [-0.39, 0.29) is 24.5 Å². The van der Waals surface area contributed by atoms with Gasteiger partial charge in [-0.15, -0.1) is 0 Å². The third-order valence-corrected chi connectivity index (χ3v) is 2.57. The second-order valence-corrected chi connectivity index (χ2v) is 4.63.